The van der Waals surface area contributed by atoms with Gasteiger partial charge < -0.3 is 9.88 Å². The molecule has 1 N–H and O–H groups in total. The van der Waals surface area contributed by atoms with Gasteiger partial charge in [-0.1, -0.05) is 48.5 Å². The Kier molecular flexibility index (Phi) is 3.30. The van der Waals surface area contributed by atoms with E-state index >= 15 is 0 Å². The predicted octanol–water partition coefficient (Wildman–Crippen LogP) is 4.98. The topological polar surface area (TPSA) is 19.0 Å². The number of benzene rings is 3. The molecular weight excluding hydrogens is 280 g/mol. The van der Waals surface area contributed by atoms with Gasteiger partial charge in [-0.3, -0.25) is 0 Å². The van der Waals surface area contributed by atoms with E-state index in [1.165, 1.54) is 38.5 Å². The summed E-state index contributed by atoms with van der Waals surface area (Å²) >= 11 is 0. The molecule has 0 fully saturated rings. The number of rotatable bonds is 3. The molecule has 0 spiro atoms. The van der Waals surface area contributed by atoms with E-state index in [1.54, 1.807) is 0 Å². The largest absolute Gasteiger partial charge is 0.377 e. The van der Waals surface area contributed by atoms with Crippen molar-refractivity contribution in [3.05, 3.63) is 78.0 Å². The zero-order valence-electron chi connectivity index (χ0n) is 13.5. The fraction of sp³-hybridized carbons (Fsp3) is 0.143. The molecule has 0 aliphatic rings. The number of H-pyrrole nitrogens is 1. The van der Waals surface area contributed by atoms with Crippen molar-refractivity contribution in [2.45, 2.75) is 6.42 Å². The zero-order valence-corrected chi connectivity index (χ0v) is 13.5. The van der Waals surface area contributed by atoms with Crippen LogP contribution in [-0.2, 0) is 6.42 Å². The predicted molar refractivity (Wildman–Crippen MR) is 99.4 cm³/mol. The summed E-state index contributed by atoms with van der Waals surface area (Å²) in [6, 6.07) is 21.7. The fourth-order valence-electron chi connectivity index (χ4n) is 3.37. The van der Waals surface area contributed by atoms with Gasteiger partial charge >= 0.3 is 0 Å². The van der Waals surface area contributed by atoms with Crippen molar-refractivity contribution in [3.8, 4) is 0 Å². The van der Waals surface area contributed by atoms with Crippen LogP contribution >= 0.6 is 0 Å². The number of aromatic amines is 1. The molecule has 3 aromatic carbocycles. The Bertz CT molecular complexity index is 979. The van der Waals surface area contributed by atoms with Crippen LogP contribution in [0, 0.1) is 0 Å². The van der Waals surface area contributed by atoms with Gasteiger partial charge in [0.05, 0.1) is 0 Å². The highest BCUT2D eigenvalue weighted by atomic mass is 15.1. The first-order chi connectivity index (χ1) is 11.2. The zero-order chi connectivity index (χ0) is 15.8. The number of fused-ring (bicyclic) bond motifs is 2. The minimum absolute atomic E-state index is 0.943. The van der Waals surface area contributed by atoms with Crippen LogP contribution in [0.2, 0.25) is 0 Å². The van der Waals surface area contributed by atoms with Gasteiger partial charge in [0.25, 0.3) is 0 Å². The van der Waals surface area contributed by atoms with Gasteiger partial charge in [0.2, 0.25) is 0 Å². The van der Waals surface area contributed by atoms with Crippen molar-refractivity contribution in [1.82, 2.24) is 4.98 Å². The average molecular weight is 300 g/mol. The third-order valence-electron chi connectivity index (χ3n) is 4.53. The van der Waals surface area contributed by atoms with Crippen LogP contribution in [-0.4, -0.2) is 19.1 Å². The molecule has 0 atom stereocenters. The first kappa shape index (κ1) is 13.9. The summed E-state index contributed by atoms with van der Waals surface area (Å²) in [4.78, 5) is 5.56. The summed E-state index contributed by atoms with van der Waals surface area (Å²) in [6.07, 6.45) is 3.08. The quantitative estimate of drug-likeness (QED) is 0.565. The number of nitrogens with zero attached hydrogens (tertiary/aromatic N) is 1. The maximum Gasteiger partial charge on any atom is 0.0456 e. The molecule has 0 amide bonds. The third-order valence-corrected chi connectivity index (χ3v) is 4.53. The first-order valence-corrected chi connectivity index (χ1v) is 7.97. The maximum absolute atomic E-state index is 3.38. The highest BCUT2D eigenvalue weighted by Gasteiger charge is 2.10. The molecule has 4 rings (SSSR count). The summed E-state index contributed by atoms with van der Waals surface area (Å²) in [5.41, 5.74) is 5.19. The molecule has 0 saturated carbocycles. The summed E-state index contributed by atoms with van der Waals surface area (Å²) in [7, 11) is 4.20. The molecule has 2 nitrogen and oxygen atoms in total. The van der Waals surface area contributed by atoms with Gasteiger partial charge in [-0.25, -0.2) is 0 Å². The van der Waals surface area contributed by atoms with Gasteiger partial charge in [0.1, 0.15) is 0 Å². The molecule has 1 aromatic heterocycles. The fourth-order valence-corrected chi connectivity index (χ4v) is 3.37. The van der Waals surface area contributed by atoms with Crippen molar-refractivity contribution in [2.24, 2.45) is 0 Å². The molecule has 0 aliphatic carbocycles. The number of hydrogen-bond donors (Lipinski definition) is 1. The SMILES string of the molecule is CN(C)c1ccc(Cc2c[nH]c3ccccc23)c2ccccc12. The molecule has 1 heterocycles. The Morgan fingerprint density at radius 1 is 0.739 bits per heavy atom. The second-order valence-corrected chi connectivity index (χ2v) is 6.22. The van der Waals surface area contributed by atoms with E-state index in [0.717, 1.165) is 6.42 Å². The van der Waals surface area contributed by atoms with Crippen LogP contribution in [0.25, 0.3) is 21.7 Å². The number of hydrogen-bond acceptors (Lipinski definition) is 1. The van der Waals surface area contributed by atoms with E-state index in [1.807, 2.05) is 0 Å². The van der Waals surface area contributed by atoms with Crippen LogP contribution in [0.3, 0.4) is 0 Å². The Labute approximate surface area is 136 Å². The van der Waals surface area contributed by atoms with E-state index in [4.69, 9.17) is 0 Å². The molecule has 0 radical (unpaired) electrons. The van der Waals surface area contributed by atoms with E-state index in [-0.39, 0.29) is 0 Å². The van der Waals surface area contributed by atoms with Gasteiger partial charge in [-0.2, -0.15) is 0 Å². The Morgan fingerprint density at radius 3 is 2.22 bits per heavy atom. The second-order valence-electron chi connectivity index (χ2n) is 6.22. The van der Waals surface area contributed by atoms with Crippen molar-refractivity contribution < 1.29 is 0 Å². The van der Waals surface area contributed by atoms with Crippen molar-refractivity contribution in [2.75, 3.05) is 19.0 Å². The smallest absolute Gasteiger partial charge is 0.0456 e. The molecule has 0 aliphatic heterocycles. The lowest BCUT2D eigenvalue weighted by Gasteiger charge is -2.17. The number of anilines is 1. The van der Waals surface area contributed by atoms with Crippen molar-refractivity contribution >= 4 is 27.4 Å². The van der Waals surface area contributed by atoms with Crippen LogP contribution in [0.5, 0.6) is 0 Å². The van der Waals surface area contributed by atoms with E-state index in [2.05, 4.69) is 90.8 Å². The minimum atomic E-state index is 0.943. The van der Waals surface area contributed by atoms with Gasteiger partial charge in [0, 0.05) is 48.7 Å². The summed E-state index contributed by atoms with van der Waals surface area (Å²) in [5, 5.41) is 3.96. The van der Waals surface area contributed by atoms with Crippen LogP contribution < -0.4 is 4.90 Å². The van der Waals surface area contributed by atoms with Crippen LogP contribution in [0.1, 0.15) is 11.1 Å². The lowest BCUT2D eigenvalue weighted by atomic mass is 9.97. The van der Waals surface area contributed by atoms with Crippen LogP contribution in [0.4, 0.5) is 5.69 Å². The Hall–Kier alpha value is -2.74. The number of nitrogens with one attached hydrogen (secondary N) is 1. The molecule has 2 heteroatoms. The molecule has 0 unspecified atom stereocenters. The first-order valence-electron chi connectivity index (χ1n) is 7.97. The normalized spacial score (nSPS) is 11.2. The van der Waals surface area contributed by atoms with Crippen molar-refractivity contribution in [3.63, 3.8) is 0 Å². The van der Waals surface area contributed by atoms with E-state index in [9.17, 15) is 0 Å². The van der Waals surface area contributed by atoms with Gasteiger partial charge in [-0.15, -0.1) is 0 Å². The molecule has 4 aromatic rings. The number of para-hydroxylation sites is 1. The highest BCUT2D eigenvalue weighted by molar-refractivity contribution is 5.97. The number of aromatic nitrogens is 1. The standard InChI is InChI=1S/C21H20N2/c1-23(2)21-12-11-15(17-7-3-4-9-19(17)21)13-16-14-22-20-10-6-5-8-18(16)20/h3-12,14,22H,13H2,1-2H3. The summed E-state index contributed by atoms with van der Waals surface area (Å²) in [6.45, 7) is 0. The molecule has 23 heavy (non-hydrogen) atoms. The maximum atomic E-state index is 3.38. The average Bonchev–Trinajstić information content (AvgIpc) is 2.98. The lowest BCUT2D eigenvalue weighted by Crippen LogP contribution is -2.09. The Balaban J connectivity index is 1.85. The minimum Gasteiger partial charge on any atom is -0.377 e. The monoisotopic (exact) mass is 300 g/mol. The second kappa shape index (κ2) is 5.47. The third kappa shape index (κ3) is 2.36. The highest BCUT2D eigenvalue weighted by Crippen LogP contribution is 2.31. The lowest BCUT2D eigenvalue weighted by molar-refractivity contribution is 1.14. The van der Waals surface area contributed by atoms with Gasteiger partial charge in [0.15, 0.2) is 0 Å². The summed E-state index contributed by atoms with van der Waals surface area (Å²) < 4.78 is 0. The Morgan fingerprint density at radius 2 is 1.43 bits per heavy atom. The van der Waals surface area contributed by atoms with E-state index in [0.29, 0.717) is 0 Å². The van der Waals surface area contributed by atoms with E-state index < -0.39 is 0 Å². The molecule has 114 valence electrons. The van der Waals surface area contributed by atoms with Crippen molar-refractivity contribution in [1.29, 1.82) is 0 Å². The summed E-state index contributed by atoms with van der Waals surface area (Å²) in [5.74, 6) is 0. The molecular formula is C21H20N2. The van der Waals surface area contributed by atoms with Gasteiger partial charge in [-0.05, 0) is 28.6 Å². The van der Waals surface area contributed by atoms with Crippen LogP contribution in [0.15, 0.2) is 66.9 Å². The molecule has 0 bridgehead atoms. The molecule has 0 saturated heterocycles.